The van der Waals surface area contributed by atoms with Crippen LogP contribution in [0, 0.1) is 19.8 Å². The summed E-state index contributed by atoms with van der Waals surface area (Å²) < 4.78 is 11.8. The molecule has 1 saturated heterocycles. The fourth-order valence-electron chi connectivity index (χ4n) is 4.28. The highest BCUT2D eigenvalue weighted by Gasteiger charge is 2.44. The standard InChI is InChI=1S/C24H32N4O3/c1-4-30-22-14-20(22)24(29)27-18-7-8-21(31-12-11-28-9-5-6-10-28)19(13-18)23-16(2)25-15-26-17(23)3/h7-8,13,15,20,22H,4-6,9-12,14H2,1-3H3,(H,27,29). The Morgan fingerprint density at radius 2 is 1.94 bits per heavy atom. The van der Waals surface area contributed by atoms with Gasteiger partial charge in [-0.25, -0.2) is 9.97 Å². The zero-order valence-corrected chi connectivity index (χ0v) is 18.7. The minimum Gasteiger partial charge on any atom is -0.492 e. The maximum absolute atomic E-state index is 12.6. The summed E-state index contributed by atoms with van der Waals surface area (Å²) in [5.74, 6) is 0.727. The van der Waals surface area contributed by atoms with E-state index in [-0.39, 0.29) is 17.9 Å². The first-order valence-corrected chi connectivity index (χ1v) is 11.3. The molecule has 1 aromatic carbocycles. The van der Waals surface area contributed by atoms with Crippen molar-refractivity contribution in [1.82, 2.24) is 14.9 Å². The van der Waals surface area contributed by atoms with Crippen LogP contribution in [0.15, 0.2) is 24.5 Å². The van der Waals surface area contributed by atoms with E-state index in [9.17, 15) is 4.79 Å². The number of rotatable bonds is 9. The van der Waals surface area contributed by atoms with Crippen LogP contribution in [0.5, 0.6) is 5.75 Å². The number of amides is 1. The predicted octanol–water partition coefficient (Wildman–Crippen LogP) is 3.60. The molecule has 4 rings (SSSR count). The van der Waals surface area contributed by atoms with Crippen LogP contribution in [0.1, 0.15) is 37.6 Å². The maximum atomic E-state index is 12.6. The number of aromatic nitrogens is 2. The highest BCUT2D eigenvalue weighted by atomic mass is 16.5. The second kappa shape index (κ2) is 9.75. The Balaban J connectivity index is 1.54. The van der Waals surface area contributed by atoms with Crippen LogP contribution in [-0.4, -0.2) is 59.7 Å². The highest BCUT2D eigenvalue weighted by Crippen LogP contribution is 2.38. The van der Waals surface area contributed by atoms with Crippen LogP contribution >= 0.6 is 0 Å². The van der Waals surface area contributed by atoms with Crippen LogP contribution in [0.3, 0.4) is 0 Å². The minimum absolute atomic E-state index is 0.00450. The van der Waals surface area contributed by atoms with Crippen molar-refractivity contribution in [3.8, 4) is 16.9 Å². The van der Waals surface area contributed by atoms with E-state index in [1.807, 2.05) is 39.0 Å². The second-order valence-electron chi connectivity index (χ2n) is 8.35. The molecule has 1 aliphatic heterocycles. The Kier molecular flexibility index (Phi) is 6.83. The number of anilines is 1. The van der Waals surface area contributed by atoms with Gasteiger partial charge in [0.25, 0.3) is 0 Å². The Bertz CT molecular complexity index is 907. The van der Waals surface area contributed by atoms with Crippen molar-refractivity contribution in [1.29, 1.82) is 0 Å². The van der Waals surface area contributed by atoms with Crippen molar-refractivity contribution in [2.24, 2.45) is 5.92 Å². The Hall–Kier alpha value is -2.51. The highest BCUT2D eigenvalue weighted by molar-refractivity contribution is 5.95. The molecule has 1 aliphatic carbocycles. The summed E-state index contributed by atoms with van der Waals surface area (Å²) in [6, 6.07) is 5.81. The van der Waals surface area contributed by atoms with Crippen LogP contribution in [0.4, 0.5) is 5.69 Å². The third kappa shape index (κ3) is 5.22. The van der Waals surface area contributed by atoms with Gasteiger partial charge in [0.15, 0.2) is 0 Å². The van der Waals surface area contributed by atoms with Gasteiger partial charge in [-0.15, -0.1) is 0 Å². The van der Waals surface area contributed by atoms with Gasteiger partial charge in [0, 0.05) is 41.4 Å². The average Bonchev–Trinajstić information content (AvgIpc) is 3.32. The first-order chi connectivity index (χ1) is 15.1. The topological polar surface area (TPSA) is 76.6 Å². The summed E-state index contributed by atoms with van der Waals surface area (Å²) in [6.45, 7) is 10.4. The van der Waals surface area contributed by atoms with E-state index in [0.29, 0.717) is 13.2 Å². The van der Waals surface area contributed by atoms with Crippen molar-refractivity contribution in [2.45, 2.75) is 46.1 Å². The molecule has 2 fully saturated rings. The van der Waals surface area contributed by atoms with Gasteiger partial charge in [0.2, 0.25) is 5.91 Å². The molecule has 2 aromatic rings. The molecule has 2 heterocycles. The zero-order valence-electron chi connectivity index (χ0n) is 18.7. The molecular weight excluding hydrogens is 392 g/mol. The lowest BCUT2D eigenvalue weighted by Gasteiger charge is -2.18. The van der Waals surface area contributed by atoms with E-state index in [1.54, 1.807) is 6.33 Å². The summed E-state index contributed by atoms with van der Waals surface area (Å²) in [7, 11) is 0. The van der Waals surface area contributed by atoms with Gasteiger partial charge in [-0.05, 0) is 71.3 Å². The van der Waals surface area contributed by atoms with Gasteiger partial charge >= 0.3 is 0 Å². The Morgan fingerprint density at radius 1 is 1.19 bits per heavy atom. The van der Waals surface area contributed by atoms with E-state index in [0.717, 1.165) is 60.0 Å². The van der Waals surface area contributed by atoms with E-state index >= 15 is 0 Å². The summed E-state index contributed by atoms with van der Waals surface area (Å²) in [6.07, 6.45) is 4.95. The van der Waals surface area contributed by atoms with Crippen molar-refractivity contribution in [3.63, 3.8) is 0 Å². The Morgan fingerprint density at radius 3 is 2.65 bits per heavy atom. The monoisotopic (exact) mass is 424 g/mol. The molecule has 0 spiro atoms. The quantitative estimate of drug-likeness (QED) is 0.663. The summed E-state index contributed by atoms with van der Waals surface area (Å²) in [4.78, 5) is 23.8. The molecule has 2 atom stereocenters. The van der Waals surface area contributed by atoms with E-state index in [1.165, 1.54) is 12.8 Å². The van der Waals surface area contributed by atoms with Gasteiger partial charge in [0.1, 0.15) is 18.7 Å². The average molecular weight is 425 g/mol. The molecule has 1 N–H and O–H groups in total. The van der Waals surface area contributed by atoms with Crippen LogP contribution in [0.2, 0.25) is 0 Å². The lowest BCUT2D eigenvalue weighted by molar-refractivity contribution is -0.118. The number of hydrogen-bond acceptors (Lipinski definition) is 6. The van der Waals surface area contributed by atoms with Crippen LogP contribution < -0.4 is 10.1 Å². The molecule has 2 aliphatic rings. The normalized spacial score (nSPS) is 20.6. The van der Waals surface area contributed by atoms with Gasteiger partial charge in [0.05, 0.1) is 12.0 Å². The Labute approximate surface area is 184 Å². The fourth-order valence-corrected chi connectivity index (χ4v) is 4.28. The summed E-state index contributed by atoms with van der Waals surface area (Å²) in [5.41, 5.74) is 4.38. The molecule has 7 heteroatoms. The number of carbonyl (C=O) groups is 1. The number of ether oxygens (including phenoxy) is 2. The van der Waals surface area contributed by atoms with Crippen molar-refractivity contribution in [3.05, 3.63) is 35.9 Å². The second-order valence-corrected chi connectivity index (χ2v) is 8.35. The zero-order chi connectivity index (χ0) is 21.8. The molecule has 2 unspecified atom stereocenters. The van der Waals surface area contributed by atoms with Gasteiger partial charge < -0.3 is 14.8 Å². The molecule has 1 aromatic heterocycles. The minimum atomic E-state index is -0.0664. The largest absolute Gasteiger partial charge is 0.492 e. The van der Waals surface area contributed by atoms with Crippen LogP contribution in [0.25, 0.3) is 11.1 Å². The number of benzene rings is 1. The molecule has 1 amide bonds. The van der Waals surface area contributed by atoms with Gasteiger partial charge in [-0.2, -0.15) is 0 Å². The molecule has 1 saturated carbocycles. The van der Waals surface area contributed by atoms with Crippen LogP contribution in [-0.2, 0) is 9.53 Å². The summed E-state index contributed by atoms with van der Waals surface area (Å²) >= 11 is 0. The fraction of sp³-hybridized carbons (Fsp3) is 0.542. The third-order valence-electron chi connectivity index (χ3n) is 6.06. The molecule has 166 valence electrons. The number of nitrogens with one attached hydrogen (secondary N) is 1. The molecule has 0 bridgehead atoms. The van der Waals surface area contributed by atoms with Crippen molar-refractivity contribution >= 4 is 11.6 Å². The van der Waals surface area contributed by atoms with Crippen molar-refractivity contribution < 1.29 is 14.3 Å². The number of carbonyl (C=O) groups excluding carboxylic acids is 1. The lowest BCUT2D eigenvalue weighted by atomic mass is 10.0. The van der Waals surface area contributed by atoms with E-state index < -0.39 is 0 Å². The molecule has 7 nitrogen and oxygen atoms in total. The molecular formula is C24H32N4O3. The number of nitrogens with zero attached hydrogens (tertiary/aromatic N) is 3. The first-order valence-electron chi connectivity index (χ1n) is 11.3. The molecule has 31 heavy (non-hydrogen) atoms. The molecule has 0 radical (unpaired) electrons. The lowest BCUT2D eigenvalue weighted by Crippen LogP contribution is -2.25. The first kappa shape index (κ1) is 21.7. The third-order valence-corrected chi connectivity index (χ3v) is 6.06. The van der Waals surface area contributed by atoms with Crippen molar-refractivity contribution in [2.75, 3.05) is 38.2 Å². The number of aryl methyl sites for hydroxylation is 2. The van der Waals surface area contributed by atoms with Gasteiger partial charge in [-0.3, -0.25) is 9.69 Å². The van der Waals surface area contributed by atoms with E-state index in [2.05, 4.69) is 20.2 Å². The SMILES string of the molecule is CCOC1CC1C(=O)Nc1ccc(OCCN2CCCC2)c(-c2c(C)ncnc2C)c1. The smallest absolute Gasteiger partial charge is 0.230 e. The number of likely N-dealkylation sites (tertiary alicyclic amines) is 1. The van der Waals surface area contributed by atoms with Gasteiger partial charge in [-0.1, -0.05) is 0 Å². The maximum Gasteiger partial charge on any atom is 0.230 e. The number of hydrogen-bond donors (Lipinski definition) is 1. The predicted molar refractivity (Wildman–Crippen MR) is 120 cm³/mol. The van der Waals surface area contributed by atoms with E-state index in [4.69, 9.17) is 9.47 Å². The summed E-state index contributed by atoms with van der Waals surface area (Å²) in [5, 5.41) is 3.05.